The highest BCUT2D eigenvalue weighted by Crippen LogP contribution is 2.29. The summed E-state index contributed by atoms with van der Waals surface area (Å²) in [5, 5.41) is 0. The monoisotopic (exact) mass is 328 g/mol. The van der Waals surface area contributed by atoms with Crippen LogP contribution in [0.15, 0.2) is 28.7 Å². The molecule has 0 bridgehead atoms. The summed E-state index contributed by atoms with van der Waals surface area (Å²) in [5.74, 6) is 0. The second-order valence-electron chi connectivity index (χ2n) is 4.65. The zero-order valence-electron chi connectivity index (χ0n) is 12.1. The highest BCUT2D eigenvalue weighted by atomic mass is 79.9. The van der Waals surface area contributed by atoms with Crippen molar-refractivity contribution in [3.05, 3.63) is 34.3 Å². The van der Waals surface area contributed by atoms with E-state index in [0.717, 1.165) is 30.8 Å². The van der Waals surface area contributed by atoms with Crippen molar-refractivity contribution in [2.24, 2.45) is 5.73 Å². The molecule has 2 atom stereocenters. The molecule has 0 aromatic heterocycles. The van der Waals surface area contributed by atoms with E-state index in [0.29, 0.717) is 0 Å². The molecule has 0 radical (unpaired) electrons. The lowest BCUT2D eigenvalue weighted by Crippen LogP contribution is -2.41. The van der Waals surface area contributed by atoms with Crippen LogP contribution in [0, 0.1) is 0 Å². The first-order valence-corrected chi connectivity index (χ1v) is 7.72. The average Bonchev–Trinajstić information content (AvgIpc) is 2.39. The van der Waals surface area contributed by atoms with Crippen molar-refractivity contribution in [2.45, 2.75) is 32.9 Å². The molecule has 0 amide bonds. The molecule has 1 rings (SSSR count). The summed E-state index contributed by atoms with van der Waals surface area (Å²) < 4.78 is 6.59. The highest BCUT2D eigenvalue weighted by molar-refractivity contribution is 9.10. The van der Waals surface area contributed by atoms with Gasteiger partial charge in [0.05, 0.1) is 12.6 Å². The zero-order chi connectivity index (χ0) is 14.3. The number of ether oxygens (including phenoxy) is 1. The summed E-state index contributed by atoms with van der Waals surface area (Å²) in [6, 6.07) is 8.58. The van der Waals surface area contributed by atoms with E-state index in [4.69, 9.17) is 10.5 Å². The van der Waals surface area contributed by atoms with E-state index in [-0.39, 0.29) is 12.1 Å². The second-order valence-corrected chi connectivity index (χ2v) is 5.51. The summed E-state index contributed by atoms with van der Waals surface area (Å²) in [5.41, 5.74) is 7.46. The lowest BCUT2D eigenvalue weighted by Gasteiger charge is -2.34. The van der Waals surface area contributed by atoms with Crippen LogP contribution in [0.4, 0.5) is 0 Å². The lowest BCUT2D eigenvalue weighted by molar-refractivity contribution is 0.0907. The van der Waals surface area contributed by atoms with Gasteiger partial charge in [-0.3, -0.25) is 4.90 Å². The van der Waals surface area contributed by atoms with Crippen LogP contribution in [-0.2, 0) is 4.74 Å². The number of benzene rings is 1. The zero-order valence-corrected chi connectivity index (χ0v) is 13.7. The Morgan fingerprint density at radius 3 is 2.53 bits per heavy atom. The number of hydrogen-bond acceptors (Lipinski definition) is 3. The normalized spacial score (nSPS) is 14.6. The second kappa shape index (κ2) is 8.69. The van der Waals surface area contributed by atoms with Gasteiger partial charge in [-0.15, -0.1) is 0 Å². The standard InChI is InChI=1S/C15H25BrN2O/c1-4-18(10-11-19-5-2)15(12(3)17)13-8-6-7-9-14(13)16/h6-9,12,15H,4-5,10-11,17H2,1-3H3. The first-order chi connectivity index (χ1) is 9.11. The fraction of sp³-hybridized carbons (Fsp3) is 0.600. The van der Waals surface area contributed by atoms with Gasteiger partial charge in [-0.2, -0.15) is 0 Å². The Balaban J connectivity index is 2.89. The molecule has 4 heteroatoms. The number of nitrogens with two attached hydrogens (primary N) is 1. The fourth-order valence-corrected chi connectivity index (χ4v) is 2.87. The van der Waals surface area contributed by atoms with Crippen LogP contribution in [0.25, 0.3) is 0 Å². The van der Waals surface area contributed by atoms with E-state index in [1.807, 2.05) is 13.0 Å². The molecule has 0 fully saturated rings. The number of likely N-dealkylation sites (N-methyl/N-ethyl adjacent to an activating group) is 1. The average molecular weight is 329 g/mol. The van der Waals surface area contributed by atoms with Gasteiger partial charge in [0, 0.05) is 23.7 Å². The number of halogens is 1. The summed E-state index contributed by atoms with van der Waals surface area (Å²) >= 11 is 3.63. The molecule has 108 valence electrons. The van der Waals surface area contributed by atoms with Crippen LogP contribution in [0.1, 0.15) is 32.4 Å². The highest BCUT2D eigenvalue weighted by Gasteiger charge is 2.24. The Morgan fingerprint density at radius 1 is 1.32 bits per heavy atom. The van der Waals surface area contributed by atoms with Gasteiger partial charge in [-0.25, -0.2) is 0 Å². The third-order valence-electron chi connectivity index (χ3n) is 3.25. The molecule has 0 heterocycles. The van der Waals surface area contributed by atoms with Gasteiger partial charge in [0.2, 0.25) is 0 Å². The molecule has 19 heavy (non-hydrogen) atoms. The predicted molar refractivity (Wildman–Crippen MR) is 84.3 cm³/mol. The molecule has 0 aliphatic heterocycles. The Bertz CT molecular complexity index is 371. The van der Waals surface area contributed by atoms with Crippen molar-refractivity contribution < 1.29 is 4.74 Å². The van der Waals surface area contributed by atoms with Crippen molar-refractivity contribution in [1.82, 2.24) is 4.90 Å². The van der Waals surface area contributed by atoms with Crippen molar-refractivity contribution in [3.63, 3.8) is 0 Å². The molecule has 3 nitrogen and oxygen atoms in total. The van der Waals surface area contributed by atoms with Gasteiger partial charge in [0.25, 0.3) is 0 Å². The fourth-order valence-electron chi connectivity index (χ4n) is 2.35. The summed E-state index contributed by atoms with van der Waals surface area (Å²) in [7, 11) is 0. The summed E-state index contributed by atoms with van der Waals surface area (Å²) in [6.07, 6.45) is 0. The van der Waals surface area contributed by atoms with E-state index >= 15 is 0 Å². The van der Waals surface area contributed by atoms with Crippen LogP contribution >= 0.6 is 15.9 Å². The number of hydrogen-bond donors (Lipinski definition) is 1. The molecule has 2 unspecified atom stereocenters. The quantitative estimate of drug-likeness (QED) is 0.745. The molecule has 0 spiro atoms. The van der Waals surface area contributed by atoms with Crippen LogP contribution in [0.2, 0.25) is 0 Å². The Hall–Kier alpha value is -0.420. The van der Waals surface area contributed by atoms with Crippen molar-refractivity contribution >= 4 is 15.9 Å². The molecular weight excluding hydrogens is 304 g/mol. The smallest absolute Gasteiger partial charge is 0.0593 e. The predicted octanol–water partition coefficient (Wildman–Crippen LogP) is 3.20. The van der Waals surface area contributed by atoms with E-state index in [1.54, 1.807) is 0 Å². The van der Waals surface area contributed by atoms with Crippen molar-refractivity contribution in [3.8, 4) is 0 Å². The van der Waals surface area contributed by atoms with Crippen LogP contribution in [0.5, 0.6) is 0 Å². The topological polar surface area (TPSA) is 38.5 Å². The van der Waals surface area contributed by atoms with Crippen molar-refractivity contribution in [1.29, 1.82) is 0 Å². The SMILES string of the molecule is CCOCCN(CC)C(c1ccccc1Br)C(C)N. The number of nitrogens with zero attached hydrogens (tertiary/aromatic N) is 1. The summed E-state index contributed by atoms with van der Waals surface area (Å²) in [6.45, 7) is 9.62. The first kappa shape index (κ1) is 16.6. The first-order valence-electron chi connectivity index (χ1n) is 6.93. The van der Waals surface area contributed by atoms with Gasteiger partial charge in [-0.05, 0) is 32.0 Å². The van der Waals surface area contributed by atoms with Crippen LogP contribution < -0.4 is 5.73 Å². The maximum absolute atomic E-state index is 6.21. The van der Waals surface area contributed by atoms with E-state index < -0.39 is 0 Å². The Labute approximate surface area is 125 Å². The third-order valence-corrected chi connectivity index (χ3v) is 3.97. The maximum Gasteiger partial charge on any atom is 0.0593 e. The van der Waals surface area contributed by atoms with Crippen molar-refractivity contribution in [2.75, 3.05) is 26.3 Å². The molecule has 2 N–H and O–H groups in total. The molecule has 0 aliphatic rings. The molecular formula is C15H25BrN2O. The van der Waals surface area contributed by atoms with E-state index in [1.165, 1.54) is 5.56 Å². The van der Waals surface area contributed by atoms with E-state index in [2.05, 4.69) is 52.9 Å². The van der Waals surface area contributed by atoms with Gasteiger partial charge in [0.1, 0.15) is 0 Å². The van der Waals surface area contributed by atoms with Gasteiger partial charge in [-0.1, -0.05) is 41.1 Å². The largest absolute Gasteiger partial charge is 0.380 e. The minimum atomic E-state index is 0.0697. The lowest BCUT2D eigenvalue weighted by atomic mass is 9.99. The third kappa shape index (κ3) is 4.88. The molecule has 1 aromatic rings. The van der Waals surface area contributed by atoms with Crippen LogP contribution in [-0.4, -0.2) is 37.2 Å². The molecule has 0 aliphatic carbocycles. The minimum absolute atomic E-state index is 0.0697. The Morgan fingerprint density at radius 2 is 2.00 bits per heavy atom. The Kier molecular flexibility index (Phi) is 7.61. The van der Waals surface area contributed by atoms with Gasteiger partial charge < -0.3 is 10.5 Å². The van der Waals surface area contributed by atoms with Crippen LogP contribution in [0.3, 0.4) is 0 Å². The van der Waals surface area contributed by atoms with Gasteiger partial charge >= 0.3 is 0 Å². The van der Waals surface area contributed by atoms with E-state index in [9.17, 15) is 0 Å². The molecule has 0 saturated heterocycles. The molecule has 0 saturated carbocycles. The number of rotatable bonds is 8. The summed E-state index contributed by atoms with van der Waals surface area (Å²) in [4.78, 5) is 2.38. The minimum Gasteiger partial charge on any atom is -0.380 e. The molecule has 1 aromatic carbocycles. The maximum atomic E-state index is 6.21. The van der Waals surface area contributed by atoms with Gasteiger partial charge in [0.15, 0.2) is 0 Å².